The van der Waals surface area contributed by atoms with Crippen molar-refractivity contribution < 1.29 is 0 Å². The number of nitrogens with zero attached hydrogens (tertiary/aromatic N) is 1. The molecule has 2 heteroatoms. The average molecular weight is 252 g/mol. The van der Waals surface area contributed by atoms with Gasteiger partial charge in [-0.3, -0.25) is 4.98 Å². The van der Waals surface area contributed by atoms with Crippen LogP contribution in [0.3, 0.4) is 0 Å². The summed E-state index contributed by atoms with van der Waals surface area (Å²) >= 11 is 0. The molecule has 1 heterocycles. The summed E-state index contributed by atoms with van der Waals surface area (Å²) in [4.78, 5) is 4.22. The van der Waals surface area contributed by atoms with Gasteiger partial charge in [0, 0.05) is 18.4 Å². The molecule has 2 nitrogen and oxygen atoms in total. The monoisotopic (exact) mass is 252 g/mol. The zero-order valence-electron chi connectivity index (χ0n) is 11.6. The number of benzene rings is 1. The zero-order chi connectivity index (χ0) is 13.2. The summed E-state index contributed by atoms with van der Waals surface area (Å²) in [7, 11) is 0. The standard InChI is InChI=1S/C17H20N2/c1-12-3-5-14(6-4-12)15-8-16(9-15)19-17-7-13(2)10-18-11-17/h3-7,10-11,15-16,19H,8-9H2,1-2H3. The molecule has 1 fully saturated rings. The molecule has 1 N–H and O–H groups in total. The molecule has 98 valence electrons. The summed E-state index contributed by atoms with van der Waals surface area (Å²) in [6.45, 7) is 4.22. The van der Waals surface area contributed by atoms with E-state index in [0.717, 1.165) is 11.6 Å². The first-order chi connectivity index (χ1) is 9.20. The lowest BCUT2D eigenvalue weighted by molar-refractivity contribution is 0.374. The van der Waals surface area contributed by atoms with Crippen LogP contribution in [0.15, 0.2) is 42.7 Å². The molecule has 0 spiro atoms. The fourth-order valence-corrected chi connectivity index (χ4v) is 2.72. The fraction of sp³-hybridized carbons (Fsp3) is 0.353. The second-order valence-corrected chi connectivity index (χ2v) is 5.67. The van der Waals surface area contributed by atoms with Crippen LogP contribution in [0.1, 0.15) is 35.4 Å². The van der Waals surface area contributed by atoms with E-state index in [1.807, 2.05) is 12.4 Å². The number of rotatable bonds is 3. The summed E-state index contributed by atoms with van der Waals surface area (Å²) in [5.74, 6) is 0.718. The molecule has 1 aliphatic rings. The molecule has 0 unspecified atom stereocenters. The molecule has 0 saturated heterocycles. The Kier molecular flexibility index (Phi) is 3.24. The number of hydrogen-bond donors (Lipinski definition) is 1. The van der Waals surface area contributed by atoms with Gasteiger partial charge in [0.25, 0.3) is 0 Å². The van der Waals surface area contributed by atoms with Gasteiger partial charge < -0.3 is 5.32 Å². The number of anilines is 1. The molecule has 1 aromatic heterocycles. The maximum atomic E-state index is 4.22. The molecule has 0 aliphatic heterocycles. The van der Waals surface area contributed by atoms with Crippen LogP contribution >= 0.6 is 0 Å². The second kappa shape index (κ2) is 5.04. The smallest absolute Gasteiger partial charge is 0.0531 e. The van der Waals surface area contributed by atoms with Crippen molar-refractivity contribution >= 4 is 5.69 Å². The number of aromatic nitrogens is 1. The summed E-state index contributed by atoms with van der Waals surface area (Å²) < 4.78 is 0. The number of nitrogens with one attached hydrogen (secondary N) is 1. The van der Waals surface area contributed by atoms with Crippen LogP contribution in [0.4, 0.5) is 5.69 Å². The van der Waals surface area contributed by atoms with Crippen LogP contribution in [0.2, 0.25) is 0 Å². The van der Waals surface area contributed by atoms with Crippen LogP contribution in [0.25, 0.3) is 0 Å². The number of pyridine rings is 1. The molecule has 0 amide bonds. The Morgan fingerprint density at radius 1 is 1.00 bits per heavy atom. The molecule has 0 radical (unpaired) electrons. The molecule has 19 heavy (non-hydrogen) atoms. The lowest BCUT2D eigenvalue weighted by atomic mass is 9.75. The zero-order valence-corrected chi connectivity index (χ0v) is 11.6. The lowest BCUT2D eigenvalue weighted by Gasteiger charge is -2.37. The Morgan fingerprint density at radius 3 is 2.42 bits per heavy atom. The normalized spacial score (nSPS) is 21.8. The van der Waals surface area contributed by atoms with Crippen LogP contribution in [-0.4, -0.2) is 11.0 Å². The van der Waals surface area contributed by atoms with Crippen molar-refractivity contribution in [3.8, 4) is 0 Å². The van der Waals surface area contributed by atoms with E-state index in [1.165, 1.54) is 29.5 Å². The van der Waals surface area contributed by atoms with Crippen molar-refractivity contribution in [2.24, 2.45) is 0 Å². The quantitative estimate of drug-likeness (QED) is 0.891. The van der Waals surface area contributed by atoms with Crippen molar-refractivity contribution in [2.75, 3.05) is 5.32 Å². The Bertz CT molecular complexity index is 554. The minimum atomic E-state index is 0.593. The maximum Gasteiger partial charge on any atom is 0.0531 e. The van der Waals surface area contributed by atoms with Gasteiger partial charge >= 0.3 is 0 Å². The average Bonchev–Trinajstić information content (AvgIpc) is 2.35. The van der Waals surface area contributed by atoms with E-state index in [2.05, 4.69) is 54.5 Å². The minimum Gasteiger partial charge on any atom is -0.381 e. The van der Waals surface area contributed by atoms with E-state index >= 15 is 0 Å². The fourth-order valence-electron chi connectivity index (χ4n) is 2.72. The summed E-state index contributed by atoms with van der Waals surface area (Å²) in [5.41, 5.74) is 5.17. The van der Waals surface area contributed by atoms with E-state index < -0.39 is 0 Å². The van der Waals surface area contributed by atoms with Crippen LogP contribution in [0.5, 0.6) is 0 Å². The first-order valence-electron chi connectivity index (χ1n) is 6.95. The van der Waals surface area contributed by atoms with E-state index in [4.69, 9.17) is 0 Å². The van der Waals surface area contributed by atoms with Crippen LogP contribution in [-0.2, 0) is 0 Å². The van der Waals surface area contributed by atoms with Crippen LogP contribution in [0, 0.1) is 13.8 Å². The molecular formula is C17H20N2. The van der Waals surface area contributed by atoms with Gasteiger partial charge in [-0.05, 0) is 49.8 Å². The van der Waals surface area contributed by atoms with Gasteiger partial charge in [-0.15, -0.1) is 0 Å². The molecule has 3 rings (SSSR count). The third-order valence-corrected chi connectivity index (χ3v) is 3.93. The van der Waals surface area contributed by atoms with E-state index in [9.17, 15) is 0 Å². The predicted octanol–water partition coefficient (Wildman–Crippen LogP) is 4.06. The van der Waals surface area contributed by atoms with Crippen molar-refractivity contribution in [3.05, 3.63) is 59.4 Å². The van der Waals surface area contributed by atoms with Crippen molar-refractivity contribution in [1.29, 1.82) is 0 Å². The molecule has 0 bridgehead atoms. The Balaban J connectivity index is 1.57. The Labute approximate surface area is 114 Å². The molecule has 1 saturated carbocycles. The van der Waals surface area contributed by atoms with E-state index in [0.29, 0.717) is 6.04 Å². The van der Waals surface area contributed by atoms with Gasteiger partial charge in [-0.2, -0.15) is 0 Å². The Hall–Kier alpha value is -1.83. The summed E-state index contributed by atoms with van der Waals surface area (Å²) in [6, 6.07) is 11.7. The van der Waals surface area contributed by atoms with Gasteiger partial charge in [0.2, 0.25) is 0 Å². The van der Waals surface area contributed by atoms with Gasteiger partial charge in [-0.25, -0.2) is 0 Å². The highest BCUT2D eigenvalue weighted by atomic mass is 14.9. The highest BCUT2D eigenvalue weighted by molar-refractivity contribution is 5.44. The SMILES string of the molecule is Cc1ccc(C2CC(Nc3cncc(C)c3)C2)cc1. The molecule has 1 aromatic carbocycles. The van der Waals surface area contributed by atoms with Gasteiger partial charge in [-0.1, -0.05) is 29.8 Å². The summed E-state index contributed by atoms with van der Waals surface area (Å²) in [6.07, 6.45) is 6.24. The van der Waals surface area contributed by atoms with Gasteiger partial charge in [0.1, 0.15) is 0 Å². The Morgan fingerprint density at radius 2 is 1.74 bits per heavy atom. The number of aryl methyl sites for hydroxylation is 2. The molecular weight excluding hydrogens is 232 g/mol. The van der Waals surface area contributed by atoms with Crippen LogP contribution < -0.4 is 5.32 Å². The molecule has 2 aromatic rings. The number of hydrogen-bond acceptors (Lipinski definition) is 2. The maximum absolute atomic E-state index is 4.22. The lowest BCUT2D eigenvalue weighted by Crippen LogP contribution is -2.34. The topological polar surface area (TPSA) is 24.9 Å². The predicted molar refractivity (Wildman–Crippen MR) is 79.5 cm³/mol. The minimum absolute atomic E-state index is 0.593. The third-order valence-electron chi connectivity index (χ3n) is 3.93. The van der Waals surface area contributed by atoms with Crippen molar-refractivity contribution in [3.63, 3.8) is 0 Å². The molecule has 0 atom stereocenters. The first-order valence-corrected chi connectivity index (χ1v) is 6.95. The largest absolute Gasteiger partial charge is 0.381 e. The van der Waals surface area contributed by atoms with Crippen molar-refractivity contribution in [2.45, 2.75) is 38.6 Å². The first kappa shape index (κ1) is 12.2. The highest BCUT2D eigenvalue weighted by Gasteiger charge is 2.30. The van der Waals surface area contributed by atoms with E-state index in [1.54, 1.807) is 0 Å². The summed E-state index contributed by atoms with van der Waals surface area (Å²) in [5, 5.41) is 3.57. The molecule has 1 aliphatic carbocycles. The van der Waals surface area contributed by atoms with Gasteiger partial charge in [0.05, 0.1) is 5.69 Å². The van der Waals surface area contributed by atoms with Gasteiger partial charge in [0.15, 0.2) is 0 Å². The third kappa shape index (κ3) is 2.78. The van der Waals surface area contributed by atoms with E-state index in [-0.39, 0.29) is 0 Å². The second-order valence-electron chi connectivity index (χ2n) is 5.67. The highest BCUT2D eigenvalue weighted by Crippen LogP contribution is 2.38. The van der Waals surface area contributed by atoms with Crippen molar-refractivity contribution in [1.82, 2.24) is 4.98 Å².